The Morgan fingerprint density at radius 2 is 1.79 bits per heavy atom. The largest absolute Gasteiger partial charge is 0.353 e. The van der Waals surface area contributed by atoms with Crippen LogP contribution in [0.15, 0.2) is 34.9 Å². The van der Waals surface area contributed by atoms with Crippen molar-refractivity contribution in [1.29, 1.82) is 0 Å². The predicted molar refractivity (Wildman–Crippen MR) is 100.0 cm³/mol. The van der Waals surface area contributed by atoms with Crippen molar-refractivity contribution in [3.63, 3.8) is 0 Å². The Balaban J connectivity index is 2.17. The fraction of sp³-hybridized carbons (Fsp3) is 0.667. The summed E-state index contributed by atoms with van der Waals surface area (Å²) in [5.74, 6) is 0.223. The molecule has 0 spiro atoms. The molecule has 0 aromatic carbocycles. The van der Waals surface area contributed by atoms with Crippen molar-refractivity contribution >= 4 is 5.78 Å². The Labute approximate surface area is 147 Å². The van der Waals surface area contributed by atoms with E-state index in [-0.39, 0.29) is 12.1 Å². The van der Waals surface area contributed by atoms with Crippen LogP contribution in [0.3, 0.4) is 0 Å². The fourth-order valence-electron chi connectivity index (χ4n) is 2.61. The zero-order valence-electron chi connectivity index (χ0n) is 15.9. The Hall–Kier alpha value is -1.19. The van der Waals surface area contributed by atoms with E-state index in [1.165, 1.54) is 17.6 Å². The van der Waals surface area contributed by atoms with Crippen molar-refractivity contribution in [3.8, 4) is 0 Å². The second-order valence-electron chi connectivity index (χ2n) is 6.96. The molecule has 136 valence electrons. The van der Waals surface area contributed by atoms with Crippen LogP contribution in [-0.4, -0.2) is 25.3 Å². The van der Waals surface area contributed by atoms with E-state index in [0.29, 0.717) is 13.0 Å². The van der Waals surface area contributed by atoms with Crippen LogP contribution in [0.2, 0.25) is 0 Å². The number of allylic oxidation sites excluding steroid dienone is 5. The molecule has 0 radical (unpaired) electrons. The van der Waals surface area contributed by atoms with Crippen LogP contribution in [0.4, 0.5) is 0 Å². The van der Waals surface area contributed by atoms with Crippen LogP contribution in [-0.2, 0) is 14.3 Å². The van der Waals surface area contributed by atoms with Crippen molar-refractivity contribution in [2.75, 3.05) is 13.2 Å². The summed E-state index contributed by atoms with van der Waals surface area (Å²) in [5.41, 5.74) is 3.71. The van der Waals surface area contributed by atoms with Gasteiger partial charge in [0.25, 0.3) is 0 Å². The van der Waals surface area contributed by atoms with Gasteiger partial charge in [-0.3, -0.25) is 4.79 Å². The average Bonchev–Trinajstić information content (AvgIpc) is 2.53. The number of ether oxygens (including phenoxy) is 2. The second-order valence-corrected chi connectivity index (χ2v) is 6.96. The summed E-state index contributed by atoms with van der Waals surface area (Å²) in [6.07, 6.45) is 13.0. The molecule has 1 aliphatic heterocycles. The maximum absolute atomic E-state index is 11.7. The Bertz CT molecular complexity index is 461. The Morgan fingerprint density at radius 1 is 1.04 bits per heavy atom. The molecule has 0 N–H and O–H groups in total. The number of rotatable bonds is 10. The summed E-state index contributed by atoms with van der Waals surface area (Å²) in [7, 11) is 0. The molecule has 3 heteroatoms. The molecule has 0 saturated carbocycles. The van der Waals surface area contributed by atoms with Crippen LogP contribution < -0.4 is 0 Å². The van der Waals surface area contributed by atoms with E-state index in [9.17, 15) is 4.79 Å². The van der Waals surface area contributed by atoms with E-state index >= 15 is 0 Å². The molecule has 1 unspecified atom stereocenters. The third kappa shape index (κ3) is 10.6. The SMILES string of the molecule is CC(C)=CC(=O)CC/C(C)=C/CC/C(C)=C/COC1CCCCO1. The van der Waals surface area contributed by atoms with Gasteiger partial charge >= 0.3 is 0 Å². The van der Waals surface area contributed by atoms with Gasteiger partial charge < -0.3 is 9.47 Å². The maximum Gasteiger partial charge on any atom is 0.157 e. The lowest BCUT2D eigenvalue weighted by Gasteiger charge is -2.22. The first kappa shape index (κ1) is 20.9. The van der Waals surface area contributed by atoms with Gasteiger partial charge in [-0.05, 0) is 72.3 Å². The van der Waals surface area contributed by atoms with Gasteiger partial charge in [-0.2, -0.15) is 0 Å². The van der Waals surface area contributed by atoms with Gasteiger partial charge in [0.1, 0.15) is 0 Å². The van der Waals surface area contributed by atoms with E-state index in [1.807, 2.05) is 13.8 Å². The molecule has 3 nitrogen and oxygen atoms in total. The van der Waals surface area contributed by atoms with Gasteiger partial charge in [0.05, 0.1) is 6.61 Å². The van der Waals surface area contributed by atoms with Gasteiger partial charge in [-0.15, -0.1) is 0 Å². The average molecular weight is 335 g/mol. The van der Waals surface area contributed by atoms with Gasteiger partial charge in [-0.1, -0.05) is 28.9 Å². The molecule has 1 saturated heterocycles. The molecule has 0 amide bonds. The highest BCUT2D eigenvalue weighted by atomic mass is 16.7. The summed E-state index contributed by atoms with van der Waals surface area (Å²) in [5, 5.41) is 0. The van der Waals surface area contributed by atoms with Crippen LogP contribution >= 0.6 is 0 Å². The number of ketones is 1. The topological polar surface area (TPSA) is 35.5 Å². The molecule has 24 heavy (non-hydrogen) atoms. The quantitative estimate of drug-likeness (QED) is 0.390. The smallest absolute Gasteiger partial charge is 0.157 e. The van der Waals surface area contributed by atoms with Crippen molar-refractivity contribution in [2.24, 2.45) is 0 Å². The van der Waals surface area contributed by atoms with Crippen LogP contribution in [0, 0.1) is 0 Å². The second kappa shape index (κ2) is 12.2. The van der Waals surface area contributed by atoms with Crippen LogP contribution in [0.25, 0.3) is 0 Å². The Morgan fingerprint density at radius 3 is 2.46 bits per heavy atom. The van der Waals surface area contributed by atoms with Crippen molar-refractivity contribution in [3.05, 3.63) is 34.9 Å². The van der Waals surface area contributed by atoms with Gasteiger partial charge in [0, 0.05) is 13.0 Å². The molecule has 0 aliphatic carbocycles. The fourth-order valence-corrected chi connectivity index (χ4v) is 2.61. The summed E-state index contributed by atoms with van der Waals surface area (Å²) in [4.78, 5) is 11.7. The standard InChI is InChI=1S/C21H34O3/c1-17(2)16-20(22)12-11-18(3)8-7-9-19(4)13-15-24-21-10-5-6-14-23-21/h8,13,16,21H,5-7,9-12,14-15H2,1-4H3/b18-8+,19-13+. The van der Waals surface area contributed by atoms with Gasteiger partial charge in [-0.25, -0.2) is 0 Å². The zero-order valence-corrected chi connectivity index (χ0v) is 15.9. The van der Waals surface area contributed by atoms with E-state index in [2.05, 4.69) is 26.0 Å². The molecule has 0 bridgehead atoms. The highest BCUT2D eigenvalue weighted by Gasteiger charge is 2.12. The van der Waals surface area contributed by atoms with E-state index in [4.69, 9.17) is 9.47 Å². The first-order valence-corrected chi connectivity index (χ1v) is 9.19. The number of hydrogen-bond acceptors (Lipinski definition) is 3. The first-order chi connectivity index (χ1) is 11.5. The summed E-state index contributed by atoms with van der Waals surface area (Å²) in [6, 6.07) is 0. The molecule has 0 aromatic heterocycles. The van der Waals surface area contributed by atoms with E-state index in [0.717, 1.165) is 44.3 Å². The molecule has 1 atom stereocenters. The van der Waals surface area contributed by atoms with Crippen molar-refractivity contribution < 1.29 is 14.3 Å². The van der Waals surface area contributed by atoms with Crippen molar-refractivity contribution in [2.45, 2.75) is 78.9 Å². The minimum atomic E-state index is -0.0108. The van der Waals surface area contributed by atoms with Gasteiger partial charge in [0.2, 0.25) is 0 Å². The summed E-state index contributed by atoms with van der Waals surface area (Å²) >= 11 is 0. The molecule has 0 aromatic rings. The minimum Gasteiger partial charge on any atom is -0.353 e. The van der Waals surface area contributed by atoms with Crippen LogP contribution in [0.5, 0.6) is 0 Å². The summed E-state index contributed by atoms with van der Waals surface area (Å²) in [6.45, 7) is 9.63. The lowest BCUT2D eigenvalue weighted by Crippen LogP contribution is -2.22. The molecular weight excluding hydrogens is 300 g/mol. The predicted octanol–water partition coefficient (Wildman–Crippen LogP) is 5.52. The number of carbonyl (C=O) groups excluding carboxylic acids is 1. The first-order valence-electron chi connectivity index (χ1n) is 9.19. The van der Waals surface area contributed by atoms with Crippen molar-refractivity contribution in [1.82, 2.24) is 0 Å². The highest BCUT2D eigenvalue weighted by Crippen LogP contribution is 2.14. The minimum absolute atomic E-state index is 0.0108. The molecule has 1 heterocycles. The normalized spacial score (nSPS) is 19.2. The number of hydrogen-bond donors (Lipinski definition) is 0. The maximum atomic E-state index is 11.7. The lowest BCUT2D eigenvalue weighted by atomic mass is 10.0. The van der Waals surface area contributed by atoms with Crippen LogP contribution in [0.1, 0.15) is 72.6 Å². The third-order valence-electron chi connectivity index (χ3n) is 4.10. The zero-order chi connectivity index (χ0) is 17.8. The molecule has 1 aliphatic rings. The highest BCUT2D eigenvalue weighted by molar-refractivity contribution is 5.90. The Kier molecular flexibility index (Phi) is 10.6. The van der Waals surface area contributed by atoms with E-state index in [1.54, 1.807) is 6.08 Å². The van der Waals surface area contributed by atoms with Gasteiger partial charge in [0.15, 0.2) is 12.1 Å². The molecule has 1 fully saturated rings. The molecular formula is C21H34O3. The molecule has 1 rings (SSSR count). The number of carbonyl (C=O) groups is 1. The monoisotopic (exact) mass is 334 g/mol. The third-order valence-corrected chi connectivity index (χ3v) is 4.10. The summed E-state index contributed by atoms with van der Waals surface area (Å²) < 4.78 is 11.3. The lowest BCUT2D eigenvalue weighted by molar-refractivity contribution is -0.155. The van der Waals surface area contributed by atoms with E-state index < -0.39 is 0 Å².